The Labute approximate surface area is 153 Å². The molecule has 4 heteroatoms. The SMILES string of the molecule is C1=CC(c2ccccc2)(C2CCCCC2)Cc2[nH]nc(-c3ncco3)c21. The summed E-state index contributed by atoms with van der Waals surface area (Å²) >= 11 is 0. The van der Waals surface area contributed by atoms with Crippen molar-refractivity contribution in [2.24, 2.45) is 5.92 Å². The maximum atomic E-state index is 5.47. The number of fused-ring (bicyclic) bond motifs is 1. The number of oxazole rings is 1. The summed E-state index contributed by atoms with van der Waals surface area (Å²) in [6, 6.07) is 11.0. The largest absolute Gasteiger partial charge is 0.443 e. The van der Waals surface area contributed by atoms with Crippen molar-refractivity contribution in [3.63, 3.8) is 0 Å². The highest BCUT2D eigenvalue weighted by Gasteiger charge is 2.41. The molecule has 2 aliphatic carbocycles. The van der Waals surface area contributed by atoms with Gasteiger partial charge in [-0.25, -0.2) is 4.98 Å². The van der Waals surface area contributed by atoms with Crippen LogP contribution in [-0.2, 0) is 11.8 Å². The maximum Gasteiger partial charge on any atom is 0.247 e. The van der Waals surface area contributed by atoms with Gasteiger partial charge < -0.3 is 4.42 Å². The van der Waals surface area contributed by atoms with Crippen LogP contribution < -0.4 is 0 Å². The molecular weight excluding hydrogens is 322 g/mol. The molecule has 3 aromatic rings. The Morgan fingerprint density at radius 2 is 1.92 bits per heavy atom. The van der Waals surface area contributed by atoms with Crippen molar-refractivity contribution in [1.82, 2.24) is 15.2 Å². The average Bonchev–Trinajstić information content (AvgIpc) is 3.38. The van der Waals surface area contributed by atoms with Gasteiger partial charge in [-0.1, -0.05) is 61.7 Å². The summed E-state index contributed by atoms with van der Waals surface area (Å²) < 4.78 is 5.47. The van der Waals surface area contributed by atoms with Gasteiger partial charge in [-0.2, -0.15) is 5.10 Å². The molecule has 1 N–H and O–H groups in total. The third-order valence-corrected chi connectivity index (χ3v) is 6.18. The fraction of sp³-hybridized carbons (Fsp3) is 0.364. The topological polar surface area (TPSA) is 54.7 Å². The van der Waals surface area contributed by atoms with Gasteiger partial charge in [-0.3, -0.25) is 5.10 Å². The minimum absolute atomic E-state index is 0.0507. The highest BCUT2D eigenvalue weighted by Crippen LogP contribution is 2.47. The zero-order chi connectivity index (χ0) is 17.4. The Bertz CT molecular complexity index is 904. The zero-order valence-electron chi connectivity index (χ0n) is 14.8. The number of nitrogens with zero attached hydrogens (tertiary/aromatic N) is 2. The van der Waals surface area contributed by atoms with Crippen molar-refractivity contribution in [1.29, 1.82) is 0 Å². The first-order chi connectivity index (χ1) is 12.9. The number of aromatic nitrogens is 3. The number of allylic oxidation sites excluding steroid dienone is 1. The van der Waals surface area contributed by atoms with Crippen molar-refractivity contribution in [2.45, 2.75) is 43.9 Å². The number of nitrogens with one attached hydrogen (secondary N) is 1. The molecule has 26 heavy (non-hydrogen) atoms. The third-order valence-electron chi connectivity index (χ3n) is 6.18. The van der Waals surface area contributed by atoms with E-state index in [1.807, 2.05) is 0 Å². The van der Waals surface area contributed by atoms with E-state index in [4.69, 9.17) is 4.42 Å². The molecule has 0 spiro atoms. The van der Waals surface area contributed by atoms with Crippen molar-refractivity contribution < 1.29 is 4.42 Å². The van der Waals surface area contributed by atoms with Gasteiger partial charge in [0.1, 0.15) is 6.26 Å². The lowest BCUT2D eigenvalue weighted by atomic mass is 9.61. The Morgan fingerprint density at radius 3 is 2.69 bits per heavy atom. The van der Waals surface area contributed by atoms with Crippen LogP contribution in [0.3, 0.4) is 0 Å². The average molecular weight is 345 g/mol. The second-order valence-corrected chi connectivity index (χ2v) is 7.55. The fourth-order valence-corrected chi connectivity index (χ4v) is 4.87. The highest BCUT2D eigenvalue weighted by molar-refractivity contribution is 5.71. The molecule has 132 valence electrons. The summed E-state index contributed by atoms with van der Waals surface area (Å²) in [5.41, 5.74) is 4.59. The minimum atomic E-state index is 0.0507. The fourth-order valence-electron chi connectivity index (χ4n) is 4.87. The Hall–Kier alpha value is -2.62. The Balaban J connectivity index is 1.59. The van der Waals surface area contributed by atoms with E-state index in [1.165, 1.54) is 43.4 Å². The summed E-state index contributed by atoms with van der Waals surface area (Å²) in [6.45, 7) is 0. The predicted molar refractivity (Wildman–Crippen MR) is 102 cm³/mol. The molecule has 1 atom stereocenters. The molecule has 0 radical (unpaired) electrons. The summed E-state index contributed by atoms with van der Waals surface area (Å²) in [5, 5.41) is 7.79. The standard InChI is InChI=1S/C22H23N3O/c1-3-7-16(8-4-1)22(17-9-5-2-6-10-17)12-11-18-19(15-22)24-25-20(18)21-23-13-14-26-21/h1,3-4,7-8,11-14,17H,2,5-6,9-10,15H2,(H,24,25). The van der Waals surface area contributed by atoms with E-state index in [2.05, 4.69) is 57.7 Å². The van der Waals surface area contributed by atoms with E-state index in [0.29, 0.717) is 11.8 Å². The first-order valence-corrected chi connectivity index (χ1v) is 9.59. The molecule has 4 nitrogen and oxygen atoms in total. The van der Waals surface area contributed by atoms with Gasteiger partial charge in [0.2, 0.25) is 5.89 Å². The lowest BCUT2D eigenvalue weighted by Crippen LogP contribution is -2.38. The number of aromatic amines is 1. The van der Waals surface area contributed by atoms with Crippen molar-refractivity contribution >= 4 is 6.08 Å². The molecule has 2 aromatic heterocycles. The van der Waals surface area contributed by atoms with E-state index in [-0.39, 0.29) is 5.41 Å². The van der Waals surface area contributed by atoms with Crippen LogP contribution >= 0.6 is 0 Å². The van der Waals surface area contributed by atoms with Gasteiger partial charge >= 0.3 is 0 Å². The van der Waals surface area contributed by atoms with Crippen molar-refractivity contribution in [3.8, 4) is 11.6 Å². The maximum absolute atomic E-state index is 5.47. The first kappa shape index (κ1) is 15.6. The monoisotopic (exact) mass is 345 g/mol. The second-order valence-electron chi connectivity index (χ2n) is 7.55. The molecular formula is C22H23N3O. The van der Waals surface area contributed by atoms with Crippen molar-refractivity contribution in [2.75, 3.05) is 0 Å². The Kier molecular flexibility index (Phi) is 3.77. The van der Waals surface area contributed by atoms with Gasteiger partial charge in [-0.15, -0.1) is 0 Å². The molecule has 0 bridgehead atoms. The van der Waals surface area contributed by atoms with E-state index in [9.17, 15) is 0 Å². The summed E-state index contributed by atoms with van der Waals surface area (Å²) in [7, 11) is 0. The molecule has 0 aliphatic heterocycles. The third kappa shape index (κ3) is 2.44. The number of benzene rings is 1. The first-order valence-electron chi connectivity index (χ1n) is 9.59. The molecule has 1 fully saturated rings. The summed E-state index contributed by atoms with van der Waals surface area (Å²) in [6.07, 6.45) is 15.5. The molecule has 0 saturated heterocycles. The van der Waals surface area contributed by atoms with Gasteiger partial charge in [0.15, 0.2) is 5.69 Å². The molecule has 2 heterocycles. The zero-order valence-corrected chi connectivity index (χ0v) is 14.8. The molecule has 2 aliphatic rings. The van der Waals surface area contributed by atoms with E-state index >= 15 is 0 Å². The van der Waals surface area contributed by atoms with Gasteiger partial charge in [0.05, 0.1) is 6.20 Å². The lowest BCUT2D eigenvalue weighted by molar-refractivity contribution is 0.241. The number of hydrogen-bond acceptors (Lipinski definition) is 3. The van der Waals surface area contributed by atoms with Gasteiger partial charge in [-0.05, 0) is 24.3 Å². The van der Waals surface area contributed by atoms with Crippen LogP contribution in [0.1, 0.15) is 48.9 Å². The smallest absolute Gasteiger partial charge is 0.247 e. The molecule has 1 aromatic carbocycles. The summed E-state index contributed by atoms with van der Waals surface area (Å²) in [4.78, 5) is 4.27. The highest BCUT2D eigenvalue weighted by atomic mass is 16.3. The van der Waals surface area contributed by atoms with Crippen LogP contribution in [0.5, 0.6) is 0 Å². The van der Waals surface area contributed by atoms with Gasteiger partial charge in [0, 0.05) is 23.1 Å². The minimum Gasteiger partial charge on any atom is -0.443 e. The molecule has 0 amide bonds. The van der Waals surface area contributed by atoms with Crippen LogP contribution in [0.25, 0.3) is 17.7 Å². The second kappa shape index (κ2) is 6.27. The number of hydrogen-bond donors (Lipinski definition) is 1. The van der Waals surface area contributed by atoms with Crippen molar-refractivity contribution in [3.05, 3.63) is 65.7 Å². The molecule has 1 unspecified atom stereocenters. The van der Waals surface area contributed by atoms with Gasteiger partial charge in [0.25, 0.3) is 0 Å². The quantitative estimate of drug-likeness (QED) is 0.714. The van der Waals surface area contributed by atoms with E-state index in [1.54, 1.807) is 12.5 Å². The molecule has 5 rings (SSSR count). The van der Waals surface area contributed by atoms with Crippen LogP contribution in [0.4, 0.5) is 0 Å². The van der Waals surface area contributed by atoms with E-state index in [0.717, 1.165) is 17.7 Å². The Morgan fingerprint density at radius 1 is 1.08 bits per heavy atom. The lowest BCUT2D eigenvalue weighted by Gasteiger charge is -2.43. The normalized spacial score (nSPS) is 23.1. The van der Waals surface area contributed by atoms with Crippen LogP contribution in [-0.4, -0.2) is 15.2 Å². The summed E-state index contributed by atoms with van der Waals surface area (Å²) in [5.74, 6) is 1.26. The van der Waals surface area contributed by atoms with Crippen LogP contribution in [0.2, 0.25) is 0 Å². The van der Waals surface area contributed by atoms with Crippen LogP contribution in [0, 0.1) is 5.92 Å². The predicted octanol–water partition coefficient (Wildman–Crippen LogP) is 5.15. The number of rotatable bonds is 3. The van der Waals surface area contributed by atoms with Crippen LogP contribution in [0.15, 0.2) is 53.3 Å². The number of H-pyrrole nitrogens is 1. The van der Waals surface area contributed by atoms with E-state index < -0.39 is 0 Å². The molecule has 1 saturated carbocycles.